The number of fused-ring (bicyclic) bond motifs is 1. The third-order valence-corrected chi connectivity index (χ3v) is 5.43. The summed E-state index contributed by atoms with van der Waals surface area (Å²) in [4.78, 5) is 19.8. The minimum absolute atomic E-state index is 0.0390. The van der Waals surface area contributed by atoms with Gasteiger partial charge in [-0.1, -0.05) is 30.3 Å². The van der Waals surface area contributed by atoms with Crippen molar-refractivity contribution in [3.8, 4) is 11.3 Å². The molecule has 3 aromatic rings. The number of amides is 1. The summed E-state index contributed by atoms with van der Waals surface area (Å²) in [6.45, 7) is 2.32. The average molecular weight is 362 g/mol. The molecule has 138 valence electrons. The molecule has 1 aromatic carbocycles. The van der Waals surface area contributed by atoms with Gasteiger partial charge in [0.1, 0.15) is 5.56 Å². The van der Waals surface area contributed by atoms with Gasteiger partial charge in [-0.15, -0.1) is 0 Å². The molecule has 3 heterocycles. The number of ether oxygens (including phenoxy) is 1. The highest BCUT2D eigenvalue weighted by Gasteiger charge is 2.36. The number of benzene rings is 1. The van der Waals surface area contributed by atoms with E-state index in [-0.39, 0.29) is 5.91 Å². The van der Waals surface area contributed by atoms with Crippen molar-refractivity contribution in [2.24, 2.45) is 5.92 Å². The van der Waals surface area contributed by atoms with Gasteiger partial charge >= 0.3 is 0 Å². The van der Waals surface area contributed by atoms with E-state index in [9.17, 15) is 4.79 Å². The molecular weight excluding hydrogens is 340 g/mol. The molecule has 1 saturated heterocycles. The standard InChI is InChI=1S/C21H22N4O2/c26-21(24(17-6-7-17)13-15-9-11-27-14-15)18-12-23-25-19(8-10-22-20(18)25)16-4-2-1-3-5-16/h1-5,8,10,12,15,17H,6-7,9,11,13-14H2. The molecule has 2 aromatic heterocycles. The second kappa shape index (κ2) is 6.78. The van der Waals surface area contributed by atoms with Crippen molar-refractivity contribution in [1.29, 1.82) is 0 Å². The van der Waals surface area contributed by atoms with Crippen molar-refractivity contribution >= 4 is 11.6 Å². The summed E-state index contributed by atoms with van der Waals surface area (Å²) >= 11 is 0. The second-order valence-corrected chi connectivity index (χ2v) is 7.41. The predicted molar refractivity (Wildman–Crippen MR) is 101 cm³/mol. The molecule has 1 saturated carbocycles. The van der Waals surface area contributed by atoms with Crippen molar-refractivity contribution < 1.29 is 9.53 Å². The summed E-state index contributed by atoms with van der Waals surface area (Å²) < 4.78 is 7.27. The van der Waals surface area contributed by atoms with E-state index in [0.29, 0.717) is 23.2 Å². The van der Waals surface area contributed by atoms with Crippen molar-refractivity contribution in [2.45, 2.75) is 25.3 Å². The maximum atomic E-state index is 13.3. The van der Waals surface area contributed by atoms with Gasteiger partial charge in [0.05, 0.1) is 18.5 Å². The van der Waals surface area contributed by atoms with Crippen LogP contribution in [0.3, 0.4) is 0 Å². The smallest absolute Gasteiger partial charge is 0.259 e. The zero-order chi connectivity index (χ0) is 18.2. The molecule has 6 nitrogen and oxygen atoms in total. The van der Waals surface area contributed by atoms with Gasteiger partial charge < -0.3 is 9.64 Å². The first-order chi connectivity index (χ1) is 13.3. The molecule has 1 atom stereocenters. The number of hydrogen-bond donors (Lipinski definition) is 0. The summed E-state index contributed by atoms with van der Waals surface area (Å²) in [6.07, 6.45) is 6.62. The Morgan fingerprint density at radius 3 is 2.78 bits per heavy atom. The van der Waals surface area contributed by atoms with Crippen LogP contribution in [0.2, 0.25) is 0 Å². The Labute approximate surface area is 157 Å². The van der Waals surface area contributed by atoms with E-state index < -0.39 is 0 Å². The van der Waals surface area contributed by atoms with E-state index in [1.54, 1.807) is 16.9 Å². The third-order valence-electron chi connectivity index (χ3n) is 5.43. The highest BCUT2D eigenvalue weighted by atomic mass is 16.5. The topological polar surface area (TPSA) is 59.7 Å². The van der Waals surface area contributed by atoms with Crippen molar-refractivity contribution in [1.82, 2.24) is 19.5 Å². The van der Waals surface area contributed by atoms with Crippen LogP contribution in [0.25, 0.3) is 16.9 Å². The van der Waals surface area contributed by atoms with Crippen LogP contribution in [-0.2, 0) is 4.74 Å². The molecule has 6 heteroatoms. The summed E-state index contributed by atoms with van der Waals surface area (Å²) in [5.41, 5.74) is 3.18. The van der Waals surface area contributed by atoms with Crippen LogP contribution in [0, 0.1) is 5.92 Å². The largest absolute Gasteiger partial charge is 0.381 e. The van der Waals surface area contributed by atoms with E-state index in [1.807, 2.05) is 41.3 Å². The molecule has 0 radical (unpaired) electrons. The van der Waals surface area contributed by atoms with Crippen LogP contribution in [0.15, 0.2) is 48.8 Å². The summed E-state index contributed by atoms with van der Waals surface area (Å²) in [7, 11) is 0. The molecule has 1 aliphatic heterocycles. The lowest BCUT2D eigenvalue weighted by molar-refractivity contribution is 0.0708. The molecule has 0 N–H and O–H groups in total. The van der Waals surface area contributed by atoms with Crippen molar-refractivity contribution in [3.63, 3.8) is 0 Å². The first kappa shape index (κ1) is 16.4. The van der Waals surface area contributed by atoms with Gasteiger partial charge in [0.15, 0.2) is 5.65 Å². The van der Waals surface area contributed by atoms with Crippen LogP contribution >= 0.6 is 0 Å². The Balaban J connectivity index is 1.50. The molecule has 0 spiro atoms. The molecular formula is C21H22N4O2. The SMILES string of the molecule is O=C(c1cnn2c(-c3ccccc3)ccnc12)N(CC1CCOC1)C1CC1. The number of rotatable bonds is 5. The molecule has 2 fully saturated rings. The minimum atomic E-state index is 0.0390. The number of carbonyl (C=O) groups excluding carboxylic acids is 1. The van der Waals surface area contributed by atoms with Crippen LogP contribution < -0.4 is 0 Å². The Morgan fingerprint density at radius 2 is 2.04 bits per heavy atom. The Kier molecular flexibility index (Phi) is 4.13. The molecule has 1 amide bonds. The quantitative estimate of drug-likeness (QED) is 0.700. The van der Waals surface area contributed by atoms with Gasteiger partial charge in [0.2, 0.25) is 0 Å². The van der Waals surface area contributed by atoms with Crippen LogP contribution in [0.5, 0.6) is 0 Å². The van der Waals surface area contributed by atoms with Gasteiger partial charge in [-0.25, -0.2) is 9.50 Å². The molecule has 27 heavy (non-hydrogen) atoms. The van der Waals surface area contributed by atoms with Crippen molar-refractivity contribution in [2.75, 3.05) is 19.8 Å². The predicted octanol–water partition coefficient (Wildman–Crippen LogP) is 3.04. The van der Waals surface area contributed by atoms with Crippen LogP contribution in [0.4, 0.5) is 0 Å². The van der Waals surface area contributed by atoms with E-state index in [4.69, 9.17) is 4.74 Å². The van der Waals surface area contributed by atoms with E-state index >= 15 is 0 Å². The number of aromatic nitrogens is 3. The van der Waals surface area contributed by atoms with Gasteiger partial charge in [-0.3, -0.25) is 4.79 Å². The Morgan fingerprint density at radius 1 is 1.19 bits per heavy atom. The first-order valence-electron chi connectivity index (χ1n) is 9.58. The molecule has 5 rings (SSSR count). The summed E-state index contributed by atoms with van der Waals surface area (Å²) in [6, 6.07) is 12.3. The highest BCUT2D eigenvalue weighted by Crippen LogP contribution is 2.31. The first-order valence-corrected chi connectivity index (χ1v) is 9.58. The van der Waals surface area contributed by atoms with Crippen LogP contribution in [-0.4, -0.2) is 51.2 Å². The normalized spacial score (nSPS) is 19.5. The van der Waals surface area contributed by atoms with Gasteiger partial charge in [0.25, 0.3) is 5.91 Å². The highest BCUT2D eigenvalue weighted by molar-refractivity contribution is 6.00. The third kappa shape index (κ3) is 3.10. The van der Waals surface area contributed by atoms with Crippen LogP contribution in [0.1, 0.15) is 29.6 Å². The molecule has 0 bridgehead atoms. The summed E-state index contributed by atoms with van der Waals surface area (Å²) in [5, 5.41) is 4.49. The second-order valence-electron chi connectivity index (χ2n) is 7.41. The Hall–Kier alpha value is -2.73. The fourth-order valence-electron chi connectivity index (χ4n) is 3.81. The average Bonchev–Trinajstić information content (AvgIpc) is 3.24. The number of hydrogen-bond acceptors (Lipinski definition) is 4. The number of nitrogens with zero attached hydrogens (tertiary/aromatic N) is 4. The van der Waals surface area contributed by atoms with E-state index in [2.05, 4.69) is 10.1 Å². The Bertz CT molecular complexity index is 959. The maximum absolute atomic E-state index is 13.3. The number of carbonyl (C=O) groups is 1. The maximum Gasteiger partial charge on any atom is 0.259 e. The van der Waals surface area contributed by atoms with Gasteiger partial charge in [0, 0.05) is 36.9 Å². The monoisotopic (exact) mass is 362 g/mol. The lowest BCUT2D eigenvalue weighted by atomic mass is 10.1. The zero-order valence-corrected chi connectivity index (χ0v) is 15.1. The fraction of sp³-hybridized carbons (Fsp3) is 0.381. The summed E-state index contributed by atoms with van der Waals surface area (Å²) in [5.74, 6) is 0.473. The fourth-order valence-corrected chi connectivity index (χ4v) is 3.81. The van der Waals surface area contributed by atoms with Gasteiger partial charge in [-0.05, 0) is 25.3 Å². The minimum Gasteiger partial charge on any atom is -0.381 e. The van der Waals surface area contributed by atoms with E-state index in [1.165, 1.54) is 0 Å². The zero-order valence-electron chi connectivity index (χ0n) is 15.1. The van der Waals surface area contributed by atoms with Gasteiger partial charge in [-0.2, -0.15) is 5.10 Å². The molecule has 1 aliphatic carbocycles. The molecule has 1 unspecified atom stereocenters. The molecule has 2 aliphatic rings. The van der Waals surface area contributed by atoms with Crippen molar-refractivity contribution in [3.05, 3.63) is 54.4 Å². The lowest BCUT2D eigenvalue weighted by Gasteiger charge is -2.24. The van der Waals surface area contributed by atoms with E-state index in [0.717, 1.165) is 50.3 Å². The lowest BCUT2D eigenvalue weighted by Crippen LogP contribution is -2.37.